The Morgan fingerprint density at radius 2 is 1.91 bits per heavy atom. The molecule has 0 saturated heterocycles. The first-order valence-electron chi connectivity index (χ1n) is 6.81. The summed E-state index contributed by atoms with van der Waals surface area (Å²) in [5.41, 5.74) is 2.01. The van der Waals surface area contributed by atoms with Crippen molar-refractivity contribution in [3.63, 3.8) is 0 Å². The minimum atomic E-state index is -0.950. The molecule has 2 aromatic rings. The largest absolute Gasteiger partial charge is 0.506 e. The third kappa shape index (κ3) is 3.81. The number of aromatic hydroxyl groups is 1. The maximum absolute atomic E-state index is 12.2. The van der Waals surface area contributed by atoms with Crippen LogP contribution in [0.5, 0.6) is 5.75 Å². The summed E-state index contributed by atoms with van der Waals surface area (Å²) >= 11 is 0. The van der Waals surface area contributed by atoms with Crippen molar-refractivity contribution in [1.29, 1.82) is 0 Å². The first-order chi connectivity index (χ1) is 10.5. The van der Waals surface area contributed by atoms with E-state index in [4.69, 9.17) is 5.11 Å². The molecule has 116 valence electrons. The van der Waals surface area contributed by atoms with Gasteiger partial charge in [0.25, 0.3) is 5.91 Å². The normalized spacial score (nSPS) is 12.0. The topological polar surface area (TPSA) is 93.9 Å². The zero-order valence-electron chi connectivity index (χ0n) is 12.2. The van der Waals surface area contributed by atoms with E-state index in [1.807, 2.05) is 0 Å². The fourth-order valence-corrected chi connectivity index (χ4v) is 2.02. The zero-order valence-corrected chi connectivity index (χ0v) is 12.2. The molecule has 0 saturated carbocycles. The summed E-state index contributed by atoms with van der Waals surface area (Å²) in [6.07, 6.45) is 0.410. The first kappa shape index (κ1) is 15.9. The molecule has 0 aliphatic heterocycles. The highest BCUT2D eigenvalue weighted by atomic mass is 16.3. The number of aliphatic hydroxyl groups excluding tert-OH is 2. The maximum Gasteiger partial charge on any atom is 0.253 e. The van der Waals surface area contributed by atoms with E-state index in [0.717, 1.165) is 5.56 Å². The minimum Gasteiger partial charge on any atom is -0.506 e. The lowest BCUT2D eigenvalue weighted by Crippen LogP contribution is -2.35. The number of benzene rings is 1. The van der Waals surface area contributed by atoms with Crippen molar-refractivity contribution < 1.29 is 20.1 Å². The molecular formula is C16H18N2O4. The second-order valence-corrected chi connectivity index (χ2v) is 5.00. The zero-order chi connectivity index (χ0) is 16.1. The first-order valence-corrected chi connectivity index (χ1v) is 6.81. The van der Waals surface area contributed by atoms with Crippen LogP contribution in [0.2, 0.25) is 0 Å². The number of likely N-dealkylation sites (N-methyl/N-ethyl adjacent to an activating group) is 1. The number of aliphatic hydroxyl groups is 2. The van der Waals surface area contributed by atoms with Crippen LogP contribution >= 0.6 is 0 Å². The Morgan fingerprint density at radius 1 is 1.23 bits per heavy atom. The summed E-state index contributed by atoms with van der Waals surface area (Å²) in [5.74, 6) is -0.141. The van der Waals surface area contributed by atoms with Gasteiger partial charge in [-0.05, 0) is 24.3 Å². The maximum atomic E-state index is 12.2. The van der Waals surface area contributed by atoms with Crippen molar-refractivity contribution in [2.24, 2.45) is 0 Å². The van der Waals surface area contributed by atoms with E-state index in [1.165, 1.54) is 11.1 Å². The van der Waals surface area contributed by atoms with E-state index >= 15 is 0 Å². The van der Waals surface area contributed by atoms with Gasteiger partial charge in [0.2, 0.25) is 0 Å². The van der Waals surface area contributed by atoms with Crippen LogP contribution in [-0.2, 0) is 0 Å². The molecule has 1 aromatic carbocycles. The Labute approximate surface area is 128 Å². The van der Waals surface area contributed by atoms with Crippen molar-refractivity contribution in [2.45, 2.75) is 6.10 Å². The smallest absolute Gasteiger partial charge is 0.253 e. The molecule has 1 atom stereocenters. The third-order valence-corrected chi connectivity index (χ3v) is 3.22. The van der Waals surface area contributed by atoms with Crippen LogP contribution in [0.15, 0.2) is 42.6 Å². The average Bonchev–Trinajstić information content (AvgIpc) is 2.55. The Balaban J connectivity index is 2.11. The second-order valence-electron chi connectivity index (χ2n) is 5.00. The van der Waals surface area contributed by atoms with E-state index in [-0.39, 0.29) is 24.8 Å². The lowest BCUT2D eigenvalue weighted by molar-refractivity contribution is 0.0520. The molecule has 0 fully saturated rings. The van der Waals surface area contributed by atoms with Crippen LogP contribution < -0.4 is 0 Å². The van der Waals surface area contributed by atoms with Crippen LogP contribution in [0.25, 0.3) is 11.3 Å². The number of nitrogens with zero attached hydrogens (tertiary/aromatic N) is 2. The Morgan fingerprint density at radius 3 is 2.45 bits per heavy atom. The fraction of sp³-hybridized carbons (Fsp3) is 0.250. The molecule has 1 unspecified atom stereocenters. The van der Waals surface area contributed by atoms with Gasteiger partial charge in [-0.2, -0.15) is 0 Å². The summed E-state index contributed by atoms with van der Waals surface area (Å²) in [5, 5.41) is 27.4. The second kappa shape index (κ2) is 7.02. The Kier molecular flexibility index (Phi) is 5.08. The summed E-state index contributed by atoms with van der Waals surface area (Å²) in [6, 6.07) is 10.1. The van der Waals surface area contributed by atoms with E-state index in [2.05, 4.69) is 4.98 Å². The monoisotopic (exact) mass is 302 g/mol. The van der Waals surface area contributed by atoms with E-state index in [1.54, 1.807) is 43.4 Å². The lowest BCUT2D eigenvalue weighted by Gasteiger charge is -2.19. The number of carbonyl (C=O) groups is 1. The number of aromatic nitrogens is 1. The van der Waals surface area contributed by atoms with Gasteiger partial charge in [0.15, 0.2) is 0 Å². The summed E-state index contributed by atoms with van der Waals surface area (Å²) in [6.45, 7) is -0.320. The summed E-state index contributed by atoms with van der Waals surface area (Å²) in [4.78, 5) is 17.6. The van der Waals surface area contributed by atoms with Gasteiger partial charge in [0.05, 0.1) is 24.6 Å². The van der Waals surface area contributed by atoms with Crippen LogP contribution in [0.3, 0.4) is 0 Å². The Hall–Kier alpha value is -2.44. The SMILES string of the molecule is CN(CC(O)CO)C(=O)c1ccc(-c2ccc(O)cn2)cc1. The molecule has 22 heavy (non-hydrogen) atoms. The molecule has 1 amide bonds. The molecule has 0 radical (unpaired) electrons. The molecule has 3 N–H and O–H groups in total. The molecule has 0 aliphatic rings. The molecule has 0 bridgehead atoms. The van der Waals surface area contributed by atoms with Crippen molar-refractivity contribution >= 4 is 5.91 Å². The average molecular weight is 302 g/mol. The van der Waals surface area contributed by atoms with Crippen LogP contribution in [-0.4, -0.2) is 57.4 Å². The highest BCUT2D eigenvalue weighted by Gasteiger charge is 2.15. The molecule has 2 rings (SSSR count). The number of carbonyl (C=O) groups excluding carboxylic acids is 1. The number of hydrogen-bond acceptors (Lipinski definition) is 5. The number of pyridine rings is 1. The van der Waals surface area contributed by atoms with Gasteiger partial charge in [-0.15, -0.1) is 0 Å². The third-order valence-electron chi connectivity index (χ3n) is 3.22. The molecule has 6 nitrogen and oxygen atoms in total. The predicted molar refractivity (Wildman–Crippen MR) is 81.4 cm³/mol. The van der Waals surface area contributed by atoms with Crippen LogP contribution in [0.1, 0.15) is 10.4 Å². The predicted octanol–water partition coefficient (Wildman–Crippen LogP) is 0.879. The standard InChI is InChI=1S/C16H18N2O4/c1-18(9-14(21)10-19)16(22)12-4-2-11(3-5-12)15-7-6-13(20)8-17-15/h2-8,14,19-21H,9-10H2,1H3. The molecule has 0 aliphatic carbocycles. The molecular weight excluding hydrogens is 284 g/mol. The van der Waals surface area contributed by atoms with Gasteiger partial charge in [-0.25, -0.2) is 0 Å². The van der Waals surface area contributed by atoms with E-state index in [0.29, 0.717) is 11.3 Å². The number of hydrogen-bond donors (Lipinski definition) is 3. The Bertz CT molecular complexity index is 626. The van der Waals surface area contributed by atoms with E-state index in [9.17, 15) is 15.0 Å². The van der Waals surface area contributed by atoms with E-state index < -0.39 is 6.10 Å². The van der Waals surface area contributed by atoms with Gasteiger partial charge < -0.3 is 20.2 Å². The molecule has 6 heteroatoms. The minimum absolute atomic E-state index is 0.0661. The van der Waals surface area contributed by atoms with Crippen LogP contribution in [0.4, 0.5) is 0 Å². The summed E-state index contributed by atoms with van der Waals surface area (Å²) in [7, 11) is 1.57. The molecule has 1 heterocycles. The van der Waals surface area contributed by atoms with Gasteiger partial charge in [-0.1, -0.05) is 12.1 Å². The van der Waals surface area contributed by atoms with Gasteiger partial charge in [0, 0.05) is 24.7 Å². The number of amides is 1. The highest BCUT2D eigenvalue weighted by Crippen LogP contribution is 2.19. The van der Waals surface area contributed by atoms with Crippen LogP contribution in [0, 0.1) is 0 Å². The van der Waals surface area contributed by atoms with Crippen molar-refractivity contribution in [2.75, 3.05) is 20.2 Å². The quantitative estimate of drug-likeness (QED) is 0.762. The van der Waals surface area contributed by atoms with Crippen molar-refractivity contribution in [3.8, 4) is 17.0 Å². The van der Waals surface area contributed by atoms with Crippen molar-refractivity contribution in [3.05, 3.63) is 48.2 Å². The van der Waals surface area contributed by atoms with Gasteiger partial charge >= 0.3 is 0 Å². The molecule has 1 aromatic heterocycles. The molecule has 0 spiro atoms. The lowest BCUT2D eigenvalue weighted by atomic mass is 10.1. The highest BCUT2D eigenvalue weighted by molar-refractivity contribution is 5.94. The van der Waals surface area contributed by atoms with Gasteiger partial charge in [0.1, 0.15) is 5.75 Å². The fourth-order valence-electron chi connectivity index (χ4n) is 2.02. The summed E-state index contributed by atoms with van der Waals surface area (Å²) < 4.78 is 0. The van der Waals surface area contributed by atoms with Gasteiger partial charge in [-0.3, -0.25) is 9.78 Å². The van der Waals surface area contributed by atoms with Crippen molar-refractivity contribution in [1.82, 2.24) is 9.88 Å². The number of rotatable bonds is 5.